The molecule has 2 aromatic rings. The van der Waals surface area contributed by atoms with Crippen molar-refractivity contribution in [2.45, 2.75) is 13.8 Å². The summed E-state index contributed by atoms with van der Waals surface area (Å²) in [6.45, 7) is 2.82. The lowest BCUT2D eigenvalue weighted by molar-refractivity contribution is -0.120. The Balaban J connectivity index is 2.03. The summed E-state index contributed by atoms with van der Waals surface area (Å²) in [5.74, 6) is -0.389. The summed E-state index contributed by atoms with van der Waals surface area (Å²) in [5, 5.41) is 6.38. The van der Waals surface area contributed by atoms with E-state index in [1.807, 2.05) is 0 Å². The van der Waals surface area contributed by atoms with Gasteiger partial charge >= 0.3 is 5.97 Å². The molecule has 2 amide bonds. The summed E-state index contributed by atoms with van der Waals surface area (Å²) in [5.41, 5.74) is 0.867. The Bertz CT molecular complexity index is 751. The number of hydrogen-bond donors (Lipinski definition) is 1. The van der Waals surface area contributed by atoms with Gasteiger partial charge < -0.3 is 14.6 Å². The van der Waals surface area contributed by atoms with Crippen LogP contribution in [0.4, 0.5) is 11.5 Å². The Kier molecular flexibility index (Phi) is 5.31. The number of aryl methyl sites for hydroxylation is 1. The average molecular weight is 331 g/mol. The first-order valence-electron chi connectivity index (χ1n) is 7.10. The first-order chi connectivity index (χ1) is 11.4. The van der Waals surface area contributed by atoms with Crippen LogP contribution in [0.5, 0.6) is 0 Å². The van der Waals surface area contributed by atoms with Crippen LogP contribution in [0, 0.1) is 6.92 Å². The fraction of sp³-hybridized carbons (Fsp3) is 0.250. The van der Waals surface area contributed by atoms with E-state index in [4.69, 9.17) is 4.52 Å². The lowest BCUT2D eigenvalue weighted by Crippen LogP contribution is -2.36. The van der Waals surface area contributed by atoms with E-state index in [1.165, 1.54) is 31.1 Å². The predicted octanol–water partition coefficient (Wildman–Crippen LogP) is 1.76. The highest BCUT2D eigenvalue weighted by Crippen LogP contribution is 2.15. The topological polar surface area (TPSA) is 102 Å². The minimum absolute atomic E-state index is 0.208. The van der Waals surface area contributed by atoms with Crippen LogP contribution in [0.1, 0.15) is 23.0 Å². The van der Waals surface area contributed by atoms with E-state index in [2.05, 4.69) is 15.2 Å². The molecule has 0 saturated heterocycles. The van der Waals surface area contributed by atoms with Crippen molar-refractivity contribution in [3.05, 3.63) is 41.7 Å². The summed E-state index contributed by atoms with van der Waals surface area (Å²) in [7, 11) is 1.29. The van der Waals surface area contributed by atoms with Crippen LogP contribution in [0.2, 0.25) is 0 Å². The van der Waals surface area contributed by atoms with Crippen LogP contribution in [-0.2, 0) is 14.3 Å². The molecule has 0 atom stereocenters. The van der Waals surface area contributed by atoms with Crippen LogP contribution < -0.4 is 10.2 Å². The van der Waals surface area contributed by atoms with Crippen LogP contribution in [0.3, 0.4) is 0 Å². The van der Waals surface area contributed by atoms with Gasteiger partial charge in [0, 0.05) is 18.7 Å². The van der Waals surface area contributed by atoms with E-state index in [-0.39, 0.29) is 18.3 Å². The van der Waals surface area contributed by atoms with E-state index in [0.717, 1.165) is 0 Å². The third kappa shape index (κ3) is 4.19. The summed E-state index contributed by atoms with van der Waals surface area (Å²) in [4.78, 5) is 36.4. The minimum Gasteiger partial charge on any atom is -0.465 e. The van der Waals surface area contributed by atoms with Crippen LogP contribution in [-0.4, -0.2) is 36.6 Å². The number of nitrogens with one attached hydrogen (secondary N) is 1. The van der Waals surface area contributed by atoms with Gasteiger partial charge in [-0.05, 0) is 31.2 Å². The summed E-state index contributed by atoms with van der Waals surface area (Å²) >= 11 is 0. The SMILES string of the molecule is COC(=O)c1ccc(NC(=O)CN(C(C)=O)c2cc(C)on2)cc1. The highest BCUT2D eigenvalue weighted by Gasteiger charge is 2.19. The molecule has 0 aliphatic rings. The van der Waals surface area contributed by atoms with Gasteiger partial charge in [0.15, 0.2) is 5.82 Å². The van der Waals surface area contributed by atoms with Gasteiger partial charge in [0.05, 0.1) is 12.7 Å². The molecule has 0 saturated carbocycles. The molecule has 8 heteroatoms. The molecule has 1 aromatic carbocycles. The molecule has 0 aliphatic heterocycles. The first kappa shape index (κ1) is 17.2. The van der Waals surface area contributed by atoms with Gasteiger partial charge in [-0.3, -0.25) is 14.5 Å². The lowest BCUT2D eigenvalue weighted by Gasteiger charge is -2.17. The normalized spacial score (nSPS) is 10.1. The molecule has 126 valence electrons. The highest BCUT2D eigenvalue weighted by atomic mass is 16.5. The van der Waals surface area contributed by atoms with Gasteiger partial charge in [0.2, 0.25) is 11.8 Å². The number of carbonyl (C=O) groups is 3. The second kappa shape index (κ2) is 7.40. The molecule has 0 aliphatic carbocycles. The molecular formula is C16H17N3O5. The van der Waals surface area contributed by atoms with Gasteiger partial charge in [0.1, 0.15) is 12.3 Å². The third-order valence-corrected chi connectivity index (χ3v) is 3.16. The molecule has 24 heavy (non-hydrogen) atoms. The van der Waals surface area contributed by atoms with Crippen molar-refractivity contribution in [2.75, 3.05) is 23.9 Å². The van der Waals surface area contributed by atoms with Crippen molar-refractivity contribution in [1.82, 2.24) is 5.16 Å². The van der Waals surface area contributed by atoms with Crippen molar-refractivity contribution in [3.8, 4) is 0 Å². The van der Waals surface area contributed by atoms with Crippen molar-refractivity contribution < 1.29 is 23.6 Å². The highest BCUT2D eigenvalue weighted by molar-refractivity contribution is 6.01. The Morgan fingerprint density at radius 1 is 1.25 bits per heavy atom. The number of carbonyl (C=O) groups excluding carboxylic acids is 3. The number of anilines is 2. The predicted molar refractivity (Wildman–Crippen MR) is 85.7 cm³/mol. The fourth-order valence-corrected chi connectivity index (χ4v) is 1.99. The van der Waals surface area contributed by atoms with Crippen LogP contribution >= 0.6 is 0 Å². The Labute approximate surface area is 138 Å². The molecular weight excluding hydrogens is 314 g/mol. The number of benzene rings is 1. The third-order valence-electron chi connectivity index (χ3n) is 3.16. The zero-order valence-corrected chi connectivity index (χ0v) is 13.5. The lowest BCUT2D eigenvalue weighted by atomic mass is 10.2. The van der Waals surface area contributed by atoms with Crippen molar-refractivity contribution in [1.29, 1.82) is 0 Å². The zero-order valence-electron chi connectivity index (χ0n) is 13.5. The molecule has 1 N–H and O–H groups in total. The number of esters is 1. The van der Waals surface area contributed by atoms with Gasteiger partial charge in [-0.15, -0.1) is 0 Å². The fourth-order valence-electron chi connectivity index (χ4n) is 1.99. The van der Waals surface area contributed by atoms with Gasteiger partial charge in [0.25, 0.3) is 0 Å². The minimum atomic E-state index is -0.461. The molecule has 1 heterocycles. The van der Waals surface area contributed by atoms with Crippen molar-refractivity contribution in [3.63, 3.8) is 0 Å². The van der Waals surface area contributed by atoms with Gasteiger partial charge in [-0.1, -0.05) is 5.16 Å². The molecule has 0 radical (unpaired) electrons. The molecule has 0 spiro atoms. The standard InChI is InChI=1S/C16H17N3O5/c1-10-8-14(18-24-10)19(11(2)20)9-15(21)17-13-6-4-12(5-7-13)16(22)23-3/h4-8H,9H2,1-3H3,(H,17,21). The van der Waals surface area contributed by atoms with Gasteiger partial charge in [-0.25, -0.2) is 4.79 Å². The van der Waals surface area contributed by atoms with E-state index in [9.17, 15) is 14.4 Å². The maximum Gasteiger partial charge on any atom is 0.337 e. The van der Waals surface area contributed by atoms with Gasteiger partial charge in [-0.2, -0.15) is 0 Å². The number of aromatic nitrogens is 1. The number of amides is 2. The number of rotatable bonds is 5. The molecule has 8 nitrogen and oxygen atoms in total. The Morgan fingerprint density at radius 2 is 1.92 bits per heavy atom. The number of nitrogens with zero attached hydrogens (tertiary/aromatic N) is 2. The number of ether oxygens (including phenoxy) is 1. The van der Waals surface area contributed by atoms with Crippen molar-refractivity contribution in [2.24, 2.45) is 0 Å². The molecule has 0 fully saturated rings. The maximum atomic E-state index is 12.1. The summed E-state index contributed by atoms with van der Waals surface area (Å²) in [6, 6.07) is 7.78. The Hall–Kier alpha value is -3.16. The number of hydrogen-bond acceptors (Lipinski definition) is 6. The smallest absolute Gasteiger partial charge is 0.337 e. The molecule has 1 aromatic heterocycles. The van der Waals surface area contributed by atoms with Crippen LogP contribution in [0.15, 0.2) is 34.9 Å². The zero-order chi connectivity index (χ0) is 17.7. The van der Waals surface area contributed by atoms with E-state index < -0.39 is 11.9 Å². The summed E-state index contributed by atoms with van der Waals surface area (Å²) < 4.78 is 9.52. The quantitative estimate of drug-likeness (QED) is 0.838. The number of methoxy groups -OCH3 is 1. The molecule has 0 unspecified atom stereocenters. The first-order valence-corrected chi connectivity index (χ1v) is 7.10. The second-order valence-corrected chi connectivity index (χ2v) is 5.02. The van der Waals surface area contributed by atoms with E-state index >= 15 is 0 Å². The van der Waals surface area contributed by atoms with E-state index in [1.54, 1.807) is 25.1 Å². The second-order valence-electron chi connectivity index (χ2n) is 5.02. The maximum absolute atomic E-state index is 12.1. The van der Waals surface area contributed by atoms with E-state index in [0.29, 0.717) is 17.0 Å². The monoisotopic (exact) mass is 331 g/mol. The summed E-state index contributed by atoms with van der Waals surface area (Å²) in [6.07, 6.45) is 0. The van der Waals surface area contributed by atoms with Crippen LogP contribution in [0.25, 0.3) is 0 Å². The molecule has 2 rings (SSSR count). The molecule has 0 bridgehead atoms. The average Bonchev–Trinajstić information content (AvgIpc) is 2.98. The van der Waals surface area contributed by atoms with Crippen molar-refractivity contribution >= 4 is 29.3 Å². The largest absolute Gasteiger partial charge is 0.465 e. The Morgan fingerprint density at radius 3 is 2.42 bits per heavy atom.